The Labute approximate surface area is 217 Å². The van der Waals surface area contributed by atoms with Gasteiger partial charge in [0.15, 0.2) is 4.80 Å². The van der Waals surface area contributed by atoms with Gasteiger partial charge in [-0.3, -0.25) is 19.5 Å². The van der Waals surface area contributed by atoms with Crippen molar-refractivity contribution in [1.82, 2.24) is 4.57 Å². The normalized spacial score (nSPS) is 15.3. The number of thiophene rings is 1. The van der Waals surface area contributed by atoms with Crippen LogP contribution in [0.4, 0.5) is 5.69 Å². The maximum absolute atomic E-state index is 13.6. The highest BCUT2D eigenvalue weighted by Gasteiger charge is 2.34. The van der Waals surface area contributed by atoms with E-state index in [4.69, 9.17) is 9.15 Å². The Bertz CT molecular complexity index is 1720. The summed E-state index contributed by atoms with van der Waals surface area (Å²) >= 11 is 2.63. The van der Waals surface area contributed by atoms with Crippen LogP contribution < -0.4 is 14.9 Å². The van der Waals surface area contributed by atoms with E-state index in [9.17, 15) is 19.7 Å². The van der Waals surface area contributed by atoms with Crippen LogP contribution in [0.15, 0.2) is 92.0 Å². The lowest BCUT2D eigenvalue weighted by Gasteiger charge is -2.23. The Hall–Kier alpha value is -4.35. The number of esters is 1. The van der Waals surface area contributed by atoms with Gasteiger partial charge in [-0.15, -0.1) is 11.3 Å². The molecule has 0 spiro atoms. The fraction of sp³-hybridized carbons (Fsp3) is 0.115. The minimum atomic E-state index is -0.664. The second-order valence-corrected chi connectivity index (χ2v) is 9.98. The van der Waals surface area contributed by atoms with Gasteiger partial charge >= 0.3 is 5.97 Å². The molecule has 1 atom stereocenters. The number of allylic oxidation sites excluding steroid dienone is 1. The molecule has 5 rings (SSSR count). The number of nitro groups is 1. The average molecular weight is 534 g/mol. The van der Waals surface area contributed by atoms with Gasteiger partial charge in [0.05, 0.1) is 20.7 Å². The van der Waals surface area contributed by atoms with Crippen molar-refractivity contribution in [3.05, 3.63) is 118 Å². The number of aromatic nitrogens is 1. The number of hydrogen-bond donors (Lipinski definition) is 0. The Morgan fingerprint density at radius 2 is 2.05 bits per heavy atom. The summed E-state index contributed by atoms with van der Waals surface area (Å²) in [5, 5.41) is 12.8. The molecule has 0 saturated carbocycles. The molecule has 0 bridgehead atoms. The van der Waals surface area contributed by atoms with E-state index in [-0.39, 0.29) is 17.9 Å². The standard InChI is InChI=1S/C26H19N3O6S2/c1-3-12-34-25(31)22-15(2)27-26-28(23(22)20-5-4-13-36-20)24(30)21(37-26)14-18-10-11-19(35-18)16-6-8-17(9-7-16)29(32)33/h3-11,13-14,23H,1,12H2,2H3/b21-14-. The number of carbonyl (C=O) groups excluding carboxylic acids is 1. The van der Waals surface area contributed by atoms with E-state index in [2.05, 4.69) is 11.6 Å². The summed E-state index contributed by atoms with van der Waals surface area (Å²) in [4.78, 5) is 42.8. The van der Waals surface area contributed by atoms with Gasteiger partial charge in [0.25, 0.3) is 11.2 Å². The van der Waals surface area contributed by atoms with Crippen LogP contribution in [0.2, 0.25) is 0 Å². The van der Waals surface area contributed by atoms with E-state index in [1.54, 1.807) is 37.3 Å². The topological polar surface area (TPSA) is 117 Å². The highest BCUT2D eigenvalue weighted by molar-refractivity contribution is 7.10. The number of hydrogen-bond acceptors (Lipinski definition) is 9. The van der Waals surface area contributed by atoms with Gasteiger partial charge in [0.2, 0.25) is 0 Å². The van der Waals surface area contributed by atoms with Crippen LogP contribution in [0, 0.1) is 10.1 Å². The lowest BCUT2D eigenvalue weighted by molar-refractivity contribution is -0.384. The Morgan fingerprint density at radius 1 is 1.27 bits per heavy atom. The van der Waals surface area contributed by atoms with E-state index in [0.29, 0.717) is 37.7 Å². The minimum absolute atomic E-state index is 0.0139. The Kier molecular flexibility index (Phi) is 6.55. The van der Waals surface area contributed by atoms with E-state index in [0.717, 1.165) is 4.88 Å². The fourth-order valence-corrected chi connectivity index (χ4v) is 5.82. The zero-order valence-electron chi connectivity index (χ0n) is 19.5. The maximum atomic E-state index is 13.6. The van der Waals surface area contributed by atoms with Gasteiger partial charge in [-0.1, -0.05) is 30.1 Å². The third-order valence-electron chi connectivity index (χ3n) is 5.65. The zero-order valence-corrected chi connectivity index (χ0v) is 21.1. The van der Waals surface area contributed by atoms with Crippen molar-refractivity contribution in [2.75, 3.05) is 6.61 Å². The SMILES string of the molecule is C=CCOC(=O)C1=C(C)N=c2s/c(=C\c3ccc(-c4ccc([N+](=O)[O-])cc4)o3)c(=O)n2C1c1cccs1. The molecule has 0 saturated heterocycles. The number of rotatable bonds is 7. The zero-order chi connectivity index (χ0) is 26.1. The van der Waals surface area contributed by atoms with E-state index < -0.39 is 16.9 Å². The molecule has 9 nitrogen and oxygen atoms in total. The quantitative estimate of drug-likeness (QED) is 0.152. The number of benzene rings is 1. The molecule has 186 valence electrons. The number of nitrogens with zero attached hydrogens (tertiary/aromatic N) is 3. The molecule has 1 aliphatic rings. The van der Waals surface area contributed by atoms with Crippen molar-refractivity contribution in [2.24, 2.45) is 4.99 Å². The molecule has 4 aromatic rings. The number of carbonyl (C=O) groups is 1. The highest BCUT2D eigenvalue weighted by atomic mass is 32.1. The van der Waals surface area contributed by atoms with Gasteiger partial charge < -0.3 is 9.15 Å². The Morgan fingerprint density at radius 3 is 2.73 bits per heavy atom. The fourth-order valence-electron chi connectivity index (χ4n) is 3.97. The molecule has 0 N–H and O–H groups in total. The van der Waals surface area contributed by atoms with Crippen molar-refractivity contribution >= 4 is 40.4 Å². The summed E-state index contributed by atoms with van der Waals surface area (Å²) in [5.41, 5.74) is 1.14. The molecule has 4 heterocycles. The lowest BCUT2D eigenvalue weighted by atomic mass is 10.0. The number of nitro benzene ring substituents is 1. The molecule has 1 aliphatic heterocycles. The summed E-state index contributed by atoms with van der Waals surface area (Å²) in [6.45, 7) is 5.36. The molecule has 0 aliphatic carbocycles. The molecule has 11 heteroatoms. The van der Waals surface area contributed by atoms with Crippen LogP contribution in [0.3, 0.4) is 0 Å². The van der Waals surface area contributed by atoms with Crippen LogP contribution in [-0.4, -0.2) is 22.1 Å². The second kappa shape index (κ2) is 9.96. The van der Waals surface area contributed by atoms with Crippen LogP contribution in [0.25, 0.3) is 17.4 Å². The van der Waals surface area contributed by atoms with Crippen LogP contribution in [-0.2, 0) is 9.53 Å². The van der Waals surface area contributed by atoms with Gasteiger partial charge in [-0.25, -0.2) is 9.79 Å². The molecule has 0 amide bonds. The second-order valence-electron chi connectivity index (χ2n) is 7.99. The number of fused-ring (bicyclic) bond motifs is 1. The van der Waals surface area contributed by atoms with Crippen LogP contribution in [0.5, 0.6) is 0 Å². The summed E-state index contributed by atoms with van der Waals surface area (Å²) in [5.74, 6) is 0.397. The average Bonchev–Trinajstić information content (AvgIpc) is 3.64. The first-order valence-corrected chi connectivity index (χ1v) is 12.8. The monoisotopic (exact) mass is 533 g/mol. The van der Waals surface area contributed by atoms with Gasteiger partial charge in [-0.2, -0.15) is 0 Å². The first-order chi connectivity index (χ1) is 17.9. The molecule has 37 heavy (non-hydrogen) atoms. The van der Waals surface area contributed by atoms with Gasteiger partial charge in [0, 0.05) is 28.6 Å². The predicted molar refractivity (Wildman–Crippen MR) is 140 cm³/mol. The predicted octanol–water partition coefficient (Wildman–Crippen LogP) is 4.19. The number of thiazole rings is 1. The maximum Gasteiger partial charge on any atom is 0.338 e. The van der Waals surface area contributed by atoms with Crippen molar-refractivity contribution in [2.45, 2.75) is 13.0 Å². The van der Waals surface area contributed by atoms with Crippen molar-refractivity contribution in [3.8, 4) is 11.3 Å². The molecule has 1 aromatic carbocycles. The van der Waals surface area contributed by atoms with Crippen molar-refractivity contribution in [3.63, 3.8) is 0 Å². The number of ether oxygens (including phenoxy) is 1. The molecule has 0 fully saturated rings. The molecule has 0 radical (unpaired) electrons. The highest BCUT2D eigenvalue weighted by Crippen LogP contribution is 2.33. The molecule has 1 unspecified atom stereocenters. The van der Waals surface area contributed by atoms with E-state index >= 15 is 0 Å². The smallest absolute Gasteiger partial charge is 0.338 e. The van der Waals surface area contributed by atoms with Gasteiger partial charge in [0.1, 0.15) is 24.2 Å². The van der Waals surface area contributed by atoms with Crippen molar-refractivity contribution in [1.29, 1.82) is 0 Å². The lowest BCUT2D eigenvalue weighted by Crippen LogP contribution is -2.39. The third kappa shape index (κ3) is 4.61. The van der Waals surface area contributed by atoms with Crippen LogP contribution in [0.1, 0.15) is 23.6 Å². The third-order valence-corrected chi connectivity index (χ3v) is 7.56. The number of non-ortho nitro benzene ring substituents is 1. The first kappa shape index (κ1) is 24.3. The molecular weight excluding hydrogens is 514 g/mol. The summed E-state index contributed by atoms with van der Waals surface area (Å²) in [6.07, 6.45) is 3.11. The molecule has 3 aromatic heterocycles. The minimum Gasteiger partial charge on any atom is -0.458 e. The van der Waals surface area contributed by atoms with Crippen LogP contribution >= 0.6 is 22.7 Å². The summed E-state index contributed by atoms with van der Waals surface area (Å²) < 4.78 is 13.1. The van der Waals surface area contributed by atoms with E-state index in [1.165, 1.54) is 45.4 Å². The number of furan rings is 1. The Balaban J connectivity index is 1.56. The summed E-state index contributed by atoms with van der Waals surface area (Å²) in [6, 6.07) is 12.5. The van der Waals surface area contributed by atoms with E-state index in [1.807, 2.05) is 17.5 Å². The summed E-state index contributed by atoms with van der Waals surface area (Å²) in [7, 11) is 0. The molecular formula is C26H19N3O6S2. The van der Waals surface area contributed by atoms with Gasteiger partial charge in [-0.05, 0) is 42.6 Å². The first-order valence-electron chi connectivity index (χ1n) is 11.1. The largest absolute Gasteiger partial charge is 0.458 e. The van der Waals surface area contributed by atoms with Crippen molar-refractivity contribution < 1.29 is 18.9 Å².